The van der Waals surface area contributed by atoms with E-state index in [9.17, 15) is 14.7 Å². The molecule has 0 saturated heterocycles. The van der Waals surface area contributed by atoms with Gasteiger partial charge in [0.05, 0.1) is 0 Å². The number of rotatable bonds is 3. The third-order valence-corrected chi connectivity index (χ3v) is 4.19. The van der Waals surface area contributed by atoms with Gasteiger partial charge >= 0.3 is 5.97 Å². The molecule has 1 aromatic carbocycles. The van der Waals surface area contributed by atoms with E-state index in [1.807, 2.05) is 35.9 Å². The van der Waals surface area contributed by atoms with Crippen LogP contribution in [0.3, 0.4) is 0 Å². The minimum Gasteiger partial charge on any atom is -0.480 e. The van der Waals surface area contributed by atoms with E-state index < -0.39 is 11.4 Å². The number of ketones is 1. The molecule has 1 fully saturated rings. The number of nitrogens with zero attached hydrogens (tertiary/aromatic N) is 1. The fourth-order valence-electron chi connectivity index (χ4n) is 2.85. The van der Waals surface area contributed by atoms with E-state index in [2.05, 4.69) is 0 Å². The van der Waals surface area contributed by atoms with Crippen molar-refractivity contribution in [1.82, 2.24) is 4.57 Å². The number of carbonyl (C=O) groups is 2. The fraction of sp³-hybridized carbons (Fsp3) is 0.333. The first-order valence-corrected chi connectivity index (χ1v) is 6.38. The number of aromatic nitrogens is 1. The Labute approximate surface area is 110 Å². The Balaban J connectivity index is 2.15. The number of benzene rings is 1. The molecule has 4 heteroatoms. The van der Waals surface area contributed by atoms with Crippen molar-refractivity contribution in [2.24, 2.45) is 12.5 Å². The molecule has 98 valence electrons. The van der Waals surface area contributed by atoms with Crippen LogP contribution in [-0.4, -0.2) is 21.4 Å². The summed E-state index contributed by atoms with van der Waals surface area (Å²) >= 11 is 0. The highest BCUT2D eigenvalue weighted by atomic mass is 16.4. The lowest BCUT2D eigenvalue weighted by Crippen LogP contribution is -2.45. The third-order valence-electron chi connectivity index (χ3n) is 4.19. The minimum absolute atomic E-state index is 0.247. The van der Waals surface area contributed by atoms with E-state index in [-0.39, 0.29) is 5.78 Å². The van der Waals surface area contributed by atoms with Crippen LogP contribution in [0.4, 0.5) is 0 Å². The van der Waals surface area contributed by atoms with Crippen LogP contribution in [0.25, 0.3) is 10.9 Å². The summed E-state index contributed by atoms with van der Waals surface area (Å²) < 4.78 is 1.87. The second-order valence-corrected chi connectivity index (χ2v) is 5.24. The van der Waals surface area contributed by atoms with E-state index >= 15 is 0 Å². The van der Waals surface area contributed by atoms with E-state index in [4.69, 9.17) is 0 Å². The van der Waals surface area contributed by atoms with Crippen molar-refractivity contribution in [2.75, 3.05) is 0 Å². The molecule has 1 N–H and O–H groups in total. The molecule has 19 heavy (non-hydrogen) atoms. The Kier molecular flexibility index (Phi) is 2.49. The lowest BCUT2D eigenvalue weighted by Gasteiger charge is -2.35. The second kappa shape index (κ2) is 3.95. The van der Waals surface area contributed by atoms with Crippen LogP contribution in [-0.2, 0) is 11.8 Å². The first kappa shape index (κ1) is 12.0. The van der Waals surface area contributed by atoms with Gasteiger partial charge < -0.3 is 9.67 Å². The average Bonchev–Trinajstić information content (AvgIpc) is 2.65. The van der Waals surface area contributed by atoms with Crippen LogP contribution in [0, 0.1) is 5.41 Å². The lowest BCUT2D eigenvalue weighted by atomic mass is 9.64. The first-order chi connectivity index (χ1) is 9.06. The Morgan fingerprint density at radius 3 is 2.53 bits per heavy atom. The van der Waals surface area contributed by atoms with Gasteiger partial charge in [0.15, 0.2) is 5.78 Å². The fourth-order valence-corrected chi connectivity index (χ4v) is 2.85. The number of Topliss-reactive ketones (excluding diaryl/α,β-unsaturated/α-hetero) is 1. The van der Waals surface area contributed by atoms with E-state index in [1.54, 1.807) is 6.20 Å². The quantitative estimate of drug-likeness (QED) is 0.679. The minimum atomic E-state index is -1.19. The molecular formula is C15H15NO3. The number of hydrogen-bond donors (Lipinski definition) is 1. The van der Waals surface area contributed by atoms with Crippen LogP contribution in [0.5, 0.6) is 0 Å². The molecule has 0 atom stereocenters. The Morgan fingerprint density at radius 2 is 1.95 bits per heavy atom. The smallest absolute Gasteiger partial charge is 0.317 e. The molecule has 3 rings (SSSR count). The summed E-state index contributed by atoms with van der Waals surface area (Å²) in [6.07, 6.45) is 3.45. The molecule has 0 aliphatic heterocycles. The molecule has 0 amide bonds. The van der Waals surface area contributed by atoms with Gasteiger partial charge in [-0.05, 0) is 18.9 Å². The van der Waals surface area contributed by atoms with Crippen molar-refractivity contribution >= 4 is 22.7 Å². The highest BCUT2D eigenvalue weighted by Crippen LogP contribution is 2.44. The second-order valence-electron chi connectivity index (χ2n) is 5.24. The molecule has 1 saturated carbocycles. The summed E-state index contributed by atoms with van der Waals surface area (Å²) in [6, 6.07) is 7.58. The lowest BCUT2D eigenvalue weighted by molar-refractivity contribution is -0.150. The van der Waals surface area contributed by atoms with Crippen LogP contribution in [0.2, 0.25) is 0 Å². The number of aliphatic carboxylic acids is 1. The van der Waals surface area contributed by atoms with E-state index in [1.165, 1.54) is 0 Å². The van der Waals surface area contributed by atoms with Gasteiger partial charge in [-0.15, -0.1) is 0 Å². The maximum atomic E-state index is 12.6. The summed E-state index contributed by atoms with van der Waals surface area (Å²) in [7, 11) is 1.87. The number of hydrogen-bond acceptors (Lipinski definition) is 2. The van der Waals surface area contributed by atoms with Crippen LogP contribution < -0.4 is 0 Å². The van der Waals surface area contributed by atoms with Gasteiger partial charge in [0.1, 0.15) is 5.41 Å². The largest absolute Gasteiger partial charge is 0.480 e. The number of para-hydroxylation sites is 1. The molecule has 0 spiro atoms. The molecule has 1 aliphatic carbocycles. The molecule has 0 radical (unpaired) electrons. The monoisotopic (exact) mass is 257 g/mol. The maximum Gasteiger partial charge on any atom is 0.317 e. The van der Waals surface area contributed by atoms with Crippen molar-refractivity contribution in [3.63, 3.8) is 0 Å². The number of carbonyl (C=O) groups excluding carboxylic acids is 1. The highest BCUT2D eigenvalue weighted by molar-refractivity contribution is 6.18. The SMILES string of the molecule is Cn1cc(C(=O)C2(C(=O)O)CCC2)c2ccccc21. The number of carboxylic acids is 1. The van der Waals surface area contributed by atoms with E-state index in [0.29, 0.717) is 18.4 Å². The van der Waals surface area contributed by atoms with Crippen molar-refractivity contribution in [1.29, 1.82) is 0 Å². The summed E-state index contributed by atoms with van der Waals surface area (Å²) in [6.45, 7) is 0. The Morgan fingerprint density at radius 1 is 1.26 bits per heavy atom. The summed E-state index contributed by atoms with van der Waals surface area (Å²) in [5.41, 5.74) is 0.287. The molecule has 1 aliphatic rings. The standard InChI is InChI=1S/C15H15NO3/c1-16-9-11(10-5-2-3-6-12(10)16)13(17)15(14(18)19)7-4-8-15/h2-3,5-6,9H,4,7-8H2,1H3,(H,18,19). The highest BCUT2D eigenvalue weighted by Gasteiger charge is 2.51. The molecule has 1 heterocycles. The zero-order valence-corrected chi connectivity index (χ0v) is 10.7. The molecular weight excluding hydrogens is 242 g/mol. The van der Waals surface area contributed by atoms with Crippen LogP contribution in [0.15, 0.2) is 30.5 Å². The van der Waals surface area contributed by atoms with Crippen molar-refractivity contribution < 1.29 is 14.7 Å². The molecule has 1 aromatic heterocycles. The van der Waals surface area contributed by atoms with Crippen LogP contribution in [0.1, 0.15) is 29.6 Å². The predicted molar refractivity (Wildman–Crippen MR) is 71.2 cm³/mol. The van der Waals surface area contributed by atoms with Gasteiger partial charge in [0.2, 0.25) is 0 Å². The van der Waals surface area contributed by atoms with Crippen molar-refractivity contribution in [2.45, 2.75) is 19.3 Å². The first-order valence-electron chi connectivity index (χ1n) is 6.38. The van der Waals surface area contributed by atoms with E-state index in [0.717, 1.165) is 17.3 Å². The number of aryl methyl sites for hydroxylation is 1. The Bertz CT molecular complexity index is 680. The molecule has 4 nitrogen and oxygen atoms in total. The number of carboxylic acid groups (broad SMARTS) is 1. The predicted octanol–water partition coefficient (Wildman–Crippen LogP) is 2.62. The third kappa shape index (κ3) is 1.52. The van der Waals surface area contributed by atoms with Crippen LogP contribution >= 0.6 is 0 Å². The van der Waals surface area contributed by atoms with Crippen molar-refractivity contribution in [3.8, 4) is 0 Å². The van der Waals surface area contributed by atoms with Gasteiger partial charge in [-0.3, -0.25) is 9.59 Å². The van der Waals surface area contributed by atoms with Gasteiger partial charge in [-0.1, -0.05) is 24.6 Å². The zero-order chi connectivity index (χ0) is 13.6. The summed E-state index contributed by atoms with van der Waals surface area (Å²) in [4.78, 5) is 24.1. The number of fused-ring (bicyclic) bond motifs is 1. The van der Waals surface area contributed by atoms with Crippen molar-refractivity contribution in [3.05, 3.63) is 36.0 Å². The van der Waals surface area contributed by atoms with Gasteiger partial charge in [-0.25, -0.2) is 0 Å². The summed E-state index contributed by atoms with van der Waals surface area (Å²) in [5, 5.41) is 10.2. The molecule has 0 unspecified atom stereocenters. The van der Waals surface area contributed by atoms with Gasteiger partial charge in [0, 0.05) is 29.7 Å². The molecule has 0 bridgehead atoms. The van der Waals surface area contributed by atoms with Gasteiger partial charge in [-0.2, -0.15) is 0 Å². The Hall–Kier alpha value is -2.10. The average molecular weight is 257 g/mol. The van der Waals surface area contributed by atoms with Gasteiger partial charge in [0.25, 0.3) is 0 Å². The summed E-state index contributed by atoms with van der Waals surface area (Å²) in [5.74, 6) is -1.24. The topological polar surface area (TPSA) is 59.3 Å². The normalized spacial score (nSPS) is 17.1. The zero-order valence-electron chi connectivity index (χ0n) is 10.7. The maximum absolute atomic E-state index is 12.6. The molecule has 2 aromatic rings.